The number of hydrogen-bond donors (Lipinski definition) is 4. The zero-order chi connectivity index (χ0) is 20.2. The molecular formula is C18H26F2N6O. The molecule has 0 aliphatic heterocycles. The summed E-state index contributed by atoms with van der Waals surface area (Å²) in [5.74, 6) is 0.244. The van der Waals surface area contributed by atoms with Gasteiger partial charge in [-0.3, -0.25) is 4.79 Å². The first-order valence-electron chi connectivity index (χ1n) is 8.51. The number of carbonyl (C=O) groups is 1. The number of amides is 1. The van der Waals surface area contributed by atoms with E-state index in [1.54, 1.807) is 19.1 Å². The van der Waals surface area contributed by atoms with Crippen molar-refractivity contribution in [1.82, 2.24) is 10.3 Å². The molecule has 1 aromatic rings. The highest BCUT2D eigenvalue weighted by Crippen LogP contribution is 2.20. The molecule has 7 nitrogen and oxygen atoms in total. The molecule has 0 radical (unpaired) electrons. The fourth-order valence-electron chi connectivity index (χ4n) is 2.12. The van der Waals surface area contributed by atoms with Crippen LogP contribution in [-0.2, 0) is 0 Å². The van der Waals surface area contributed by atoms with E-state index in [0.717, 1.165) is 0 Å². The number of allylic oxidation sites excluding steroid dienone is 2. The Morgan fingerprint density at radius 1 is 1.41 bits per heavy atom. The molecule has 5 N–H and O–H groups in total. The molecule has 27 heavy (non-hydrogen) atoms. The maximum atomic E-state index is 12.5. The number of nitrogens with one attached hydrogen (secondary N) is 3. The minimum atomic E-state index is -0.680. The van der Waals surface area contributed by atoms with Crippen molar-refractivity contribution >= 4 is 23.1 Å². The highest BCUT2D eigenvalue weighted by atomic mass is 19.1. The van der Waals surface area contributed by atoms with Crippen LogP contribution < -0.4 is 21.7 Å². The molecular weight excluding hydrogens is 354 g/mol. The van der Waals surface area contributed by atoms with E-state index in [-0.39, 0.29) is 24.0 Å². The average molecular weight is 380 g/mol. The van der Waals surface area contributed by atoms with Gasteiger partial charge in [-0.1, -0.05) is 13.0 Å². The van der Waals surface area contributed by atoms with E-state index in [9.17, 15) is 13.6 Å². The summed E-state index contributed by atoms with van der Waals surface area (Å²) in [6.07, 6.45) is 5.52. The number of aliphatic imine (C=N–C) groups is 1. The van der Waals surface area contributed by atoms with Gasteiger partial charge in [-0.05, 0) is 13.3 Å². The Balaban J connectivity index is 3.13. The van der Waals surface area contributed by atoms with Gasteiger partial charge in [-0.15, -0.1) is 0 Å². The second-order valence-electron chi connectivity index (χ2n) is 5.55. The largest absolute Gasteiger partial charge is 0.384 e. The number of nitrogens with two attached hydrogens (primary N) is 1. The molecule has 1 amide bonds. The lowest BCUT2D eigenvalue weighted by Gasteiger charge is -2.13. The normalized spacial score (nSPS) is 12.7. The van der Waals surface area contributed by atoms with Gasteiger partial charge in [0.25, 0.3) is 5.91 Å². The van der Waals surface area contributed by atoms with Gasteiger partial charge in [0.2, 0.25) is 0 Å². The minimum absolute atomic E-state index is 0.0647. The SMILES string of the molecule is CC/C=C(/C=C(N)\N=C(/C)CF)Nc1cc(NCCF)c(C(=O)NC)cn1. The quantitative estimate of drug-likeness (QED) is 0.369. The Labute approximate surface area is 157 Å². The number of carbonyl (C=O) groups excluding carboxylic acids is 1. The van der Waals surface area contributed by atoms with Gasteiger partial charge in [-0.25, -0.2) is 18.8 Å². The molecule has 0 aliphatic carbocycles. The van der Waals surface area contributed by atoms with Crippen LogP contribution >= 0.6 is 0 Å². The molecule has 1 aromatic heterocycles. The molecule has 0 aromatic carbocycles. The third kappa shape index (κ3) is 7.43. The van der Waals surface area contributed by atoms with E-state index < -0.39 is 13.3 Å². The van der Waals surface area contributed by atoms with Crippen LogP contribution in [0.3, 0.4) is 0 Å². The van der Waals surface area contributed by atoms with Gasteiger partial charge in [0, 0.05) is 43.3 Å². The van der Waals surface area contributed by atoms with Crippen LogP contribution in [0.15, 0.2) is 40.9 Å². The number of rotatable bonds is 10. The van der Waals surface area contributed by atoms with Gasteiger partial charge in [0.15, 0.2) is 0 Å². The number of alkyl halides is 2. The van der Waals surface area contributed by atoms with Crippen LogP contribution in [0, 0.1) is 0 Å². The summed E-state index contributed by atoms with van der Waals surface area (Å²) in [6.45, 7) is 2.29. The van der Waals surface area contributed by atoms with Crippen molar-refractivity contribution in [1.29, 1.82) is 0 Å². The molecule has 0 bridgehead atoms. The number of hydrogen-bond acceptors (Lipinski definition) is 6. The Morgan fingerprint density at radius 3 is 2.74 bits per heavy atom. The highest BCUT2D eigenvalue weighted by molar-refractivity contribution is 5.99. The number of halogens is 2. The van der Waals surface area contributed by atoms with Crippen LogP contribution in [0.1, 0.15) is 30.6 Å². The monoisotopic (exact) mass is 380 g/mol. The zero-order valence-electron chi connectivity index (χ0n) is 15.8. The minimum Gasteiger partial charge on any atom is -0.384 e. The van der Waals surface area contributed by atoms with Crippen LogP contribution in [0.25, 0.3) is 0 Å². The van der Waals surface area contributed by atoms with Gasteiger partial charge < -0.3 is 21.7 Å². The summed E-state index contributed by atoms with van der Waals surface area (Å²) >= 11 is 0. The Bertz CT molecular complexity index is 731. The first-order chi connectivity index (χ1) is 12.9. The smallest absolute Gasteiger partial charge is 0.254 e. The highest BCUT2D eigenvalue weighted by Gasteiger charge is 2.12. The summed E-state index contributed by atoms with van der Waals surface area (Å²) in [5, 5.41) is 8.44. The van der Waals surface area contributed by atoms with Crippen molar-refractivity contribution in [3.63, 3.8) is 0 Å². The van der Waals surface area contributed by atoms with Gasteiger partial charge in [0.1, 0.15) is 25.0 Å². The molecule has 0 spiro atoms. The van der Waals surface area contributed by atoms with Crippen LogP contribution in [0.4, 0.5) is 20.3 Å². The van der Waals surface area contributed by atoms with Gasteiger partial charge in [0.05, 0.1) is 11.3 Å². The van der Waals surface area contributed by atoms with E-state index in [1.807, 2.05) is 13.0 Å². The molecule has 1 rings (SSSR count). The summed E-state index contributed by atoms with van der Waals surface area (Å²) < 4.78 is 25.1. The fourth-order valence-corrected chi connectivity index (χ4v) is 2.12. The lowest BCUT2D eigenvalue weighted by atomic mass is 10.2. The zero-order valence-corrected chi connectivity index (χ0v) is 15.8. The Kier molecular flexibility index (Phi) is 9.49. The van der Waals surface area contributed by atoms with Gasteiger partial charge >= 0.3 is 0 Å². The van der Waals surface area contributed by atoms with E-state index in [4.69, 9.17) is 5.73 Å². The number of anilines is 2. The van der Waals surface area contributed by atoms with E-state index >= 15 is 0 Å². The number of nitrogens with zero attached hydrogens (tertiary/aromatic N) is 2. The van der Waals surface area contributed by atoms with E-state index in [0.29, 0.717) is 29.2 Å². The predicted molar refractivity (Wildman–Crippen MR) is 105 cm³/mol. The molecule has 0 saturated carbocycles. The third-order valence-electron chi connectivity index (χ3n) is 3.30. The molecule has 0 saturated heterocycles. The third-order valence-corrected chi connectivity index (χ3v) is 3.30. The standard InChI is InChI=1S/C18H26F2N6O/c1-4-5-13(8-16(21)25-12(2)10-20)26-17-9-15(23-7-6-19)14(11-24-17)18(27)22-3/h5,8-9,11H,4,6-7,10,21H2,1-3H3,(H,22,27)(H2,23,24,26)/b13-5-,16-8-,25-12+. The van der Waals surface area contributed by atoms with Crippen molar-refractivity contribution < 1.29 is 13.6 Å². The summed E-state index contributed by atoms with van der Waals surface area (Å²) in [5.41, 5.74) is 7.44. The summed E-state index contributed by atoms with van der Waals surface area (Å²) in [4.78, 5) is 20.1. The number of pyridine rings is 1. The second kappa shape index (κ2) is 11.6. The number of aromatic nitrogens is 1. The fraction of sp³-hybridized carbons (Fsp3) is 0.389. The topological polar surface area (TPSA) is 104 Å². The maximum absolute atomic E-state index is 12.5. The lowest BCUT2D eigenvalue weighted by Crippen LogP contribution is -2.20. The van der Waals surface area contributed by atoms with Crippen LogP contribution in [0.5, 0.6) is 0 Å². The van der Waals surface area contributed by atoms with Crippen molar-refractivity contribution in [3.8, 4) is 0 Å². The van der Waals surface area contributed by atoms with Crippen LogP contribution in [-0.4, -0.2) is 43.5 Å². The Morgan fingerprint density at radius 2 is 2.15 bits per heavy atom. The maximum Gasteiger partial charge on any atom is 0.254 e. The molecule has 0 atom stereocenters. The van der Waals surface area contributed by atoms with Crippen molar-refractivity contribution in [2.45, 2.75) is 20.3 Å². The van der Waals surface area contributed by atoms with Crippen molar-refractivity contribution in [3.05, 3.63) is 41.5 Å². The predicted octanol–water partition coefficient (Wildman–Crippen LogP) is 2.76. The summed E-state index contributed by atoms with van der Waals surface area (Å²) in [6, 6.07) is 1.60. The Hall–Kier alpha value is -2.97. The molecule has 9 heteroatoms. The second-order valence-corrected chi connectivity index (χ2v) is 5.55. The van der Waals surface area contributed by atoms with E-state index in [1.165, 1.54) is 13.2 Å². The van der Waals surface area contributed by atoms with Crippen LogP contribution in [0.2, 0.25) is 0 Å². The summed E-state index contributed by atoms with van der Waals surface area (Å²) in [7, 11) is 1.50. The lowest BCUT2D eigenvalue weighted by molar-refractivity contribution is 0.0963. The van der Waals surface area contributed by atoms with E-state index in [2.05, 4.69) is 25.9 Å². The van der Waals surface area contributed by atoms with Crippen molar-refractivity contribution in [2.75, 3.05) is 37.6 Å². The molecule has 1 heterocycles. The van der Waals surface area contributed by atoms with Gasteiger partial charge in [-0.2, -0.15) is 0 Å². The average Bonchev–Trinajstić information content (AvgIpc) is 2.65. The molecule has 0 unspecified atom stereocenters. The first kappa shape index (κ1) is 22.1. The van der Waals surface area contributed by atoms with Crippen molar-refractivity contribution in [2.24, 2.45) is 10.7 Å². The molecule has 0 fully saturated rings. The molecule has 0 aliphatic rings. The first-order valence-corrected chi connectivity index (χ1v) is 8.51. The molecule has 148 valence electrons.